The van der Waals surface area contributed by atoms with Crippen LogP contribution in [-0.2, 0) is 27.2 Å². The Kier molecular flexibility index (Phi) is 8.24. The molecule has 1 saturated heterocycles. The molecule has 4 rings (SSSR count). The summed E-state index contributed by atoms with van der Waals surface area (Å²) in [4.78, 5) is 40.6. The van der Waals surface area contributed by atoms with Crippen molar-refractivity contribution in [2.45, 2.75) is 45.4 Å². The van der Waals surface area contributed by atoms with Crippen LogP contribution in [0.5, 0.6) is 0 Å². The number of amides is 2. The molecular weight excluding hydrogens is 474 g/mol. The maximum atomic E-state index is 13.3. The van der Waals surface area contributed by atoms with Crippen LogP contribution < -0.4 is 15.5 Å². The molecule has 2 atom stereocenters. The largest absolute Gasteiger partial charge is 0.466 e. The van der Waals surface area contributed by atoms with Gasteiger partial charge >= 0.3 is 5.97 Å². The molecule has 2 amide bonds. The molecule has 0 bridgehead atoms. The molecule has 34 heavy (non-hydrogen) atoms. The van der Waals surface area contributed by atoms with Crippen LogP contribution in [0.1, 0.15) is 53.4 Å². The maximum Gasteiger partial charge on any atom is 0.314 e. The van der Waals surface area contributed by atoms with Gasteiger partial charge in [0.25, 0.3) is 11.8 Å². The van der Waals surface area contributed by atoms with Crippen molar-refractivity contribution in [3.8, 4) is 0 Å². The second-order valence-electron chi connectivity index (χ2n) is 8.90. The number of carbonyl (C=O) groups excluding carboxylic acids is 3. The summed E-state index contributed by atoms with van der Waals surface area (Å²) in [5.74, 6) is -0.693. The third kappa shape index (κ3) is 5.98. The predicted molar refractivity (Wildman–Crippen MR) is 134 cm³/mol. The van der Waals surface area contributed by atoms with Crippen molar-refractivity contribution >= 4 is 51.4 Å². The van der Waals surface area contributed by atoms with Crippen molar-refractivity contribution in [1.29, 1.82) is 0 Å². The van der Waals surface area contributed by atoms with Gasteiger partial charge in [0.15, 0.2) is 6.54 Å². The van der Waals surface area contributed by atoms with E-state index in [2.05, 4.69) is 10.6 Å². The van der Waals surface area contributed by atoms with Gasteiger partial charge in [0.2, 0.25) is 0 Å². The number of halogens is 1. The van der Waals surface area contributed by atoms with E-state index >= 15 is 0 Å². The molecule has 1 aliphatic carbocycles. The standard InChI is InChI=1S/C25H30ClN3O4S/c1-2-33-25(32)16-6-5-13-29(14-16)15-21(30)28-24-22(19-7-3-4-8-20(19)34-24)23(31)27-18-11-9-17(26)10-12-18/h9-12,16H,2-8,13-15H2,1H3,(H,27,31)(H,28,30)/p+1/t16-/m1/s1. The van der Waals surface area contributed by atoms with Gasteiger partial charge in [-0.3, -0.25) is 14.4 Å². The molecule has 2 heterocycles. The number of piperidine rings is 1. The van der Waals surface area contributed by atoms with E-state index in [0.29, 0.717) is 34.4 Å². The number of carbonyl (C=O) groups is 3. The SMILES string of the molecule is CCOC(=O)[C@@H]1CCC[NH+](CC(=O)Nc2sc3c(c2C(=O)Nc2ccc(Cl)cc2)CCCC3)C1. The van der Waals surface area contributed by atoms with Crippen molar-refractivity contribution < 1.29 is 24.0 Å². The molecule has 1 aromatic carbocycles. The second-order valence-corrected chi connectivity index (χ2v) is 10.4. The molecule has 1 aromatic heterocycles. The smallest absolute Gasteiger partial charge is 0.314 e. The summed E-state index contributed by atoms with van der Waals surface area (Å²) < 4.78 is 5.17. The lowest BCUT2D eigenvalue weighted by atomic mass is 9.95. The highest BCUT2D eigenvalue weighted by atomic mass is 35.5. The van der Waals surface area contributed by atoms with E-state index in [9.17, 15) is 14.4 Å². The fraction of sp³-hybridized carbons (Fsp3) is 0.480. The summed E-state index contributed by atoms with van der Waals surface area (Å²) in [5.41, 5.74) is 2.27. The lowest BCUT2D eigenvalue weighted by Gasteiger charge is -2.28. The number of rotatable bonds is 7. The molecule has 2 aliphatic rings. The normalized spacial score (nSPS) is 19.7. The number of quaternary nitrogens is 1. The highest BCUT2D eigenvalue weighted by Crippen LogP contribution is 2.38. The van der Waals surface area contributed by atoms with Crippen LogP contribution in [0.2, 0.25) is 5.02 Å². The Bertz CT molecular complexity index is 1050. The zero-order valence-electron chi connectivity index (χ0n) is 19.4. The summed E-state index contributed by atoms with van der Waals surface area (Å²) in [5, 5.41) is 7.18. The van der Waals surface area contributed by atoms with Crippen molar-refractivity contribution in [1.82, 2.24) is 0 Å². The van der Waals surface area contributed by atoms with Crippen LogP contribution in [0.15, 0.2) is 24.3 Å². The van der Waals surface area contributed by atoms with E-state index in [1.807, 2.05) is 0 Å². The quantitative estimate of drug-likeness (QED) is 0.505. The minimum absolute atomic E-state index is 0.140. The first-order chi connectivity index (χ1) is 16.4. The Hall–Kier alpha value is -2.42. The highest BCUT2D eigenvalue weighted by molar-refractivity contribution is 7.17. The molecule has 3 N–H and O–H groups in total. The van der Waals surface area contributed by atoms with Crippen LogP contribution >= 0.6 is 22.9 Å². The maximum absolute atomic E-state index is 13.3. The van der Waals surface area contributed by atoms with Gasteiger partial charge < -0.3 is 20.3 Å². The predicted octanol–water partition coefficient (Wildman–Crippen LogP) is 3.33. The molecule has 2 aromatic rings. The monoisotopic (exact) mass is 504 g/mol. The zero-order valence-corrected chi connectivity index (χ0v) is 20.9. The van der Waals surface area contributed by atoms with E-state index in [-0.39, 0.29) is 30.2 Å². The summed E-state index contributed by atoms with van der Waals surface area (Å²) in [6, 6.07) is 6.98. The molecule has 0 saturated carbocycles. The Morgan fingerprint density at radius 3 is 2.65 bits per heavy atom. The van der Waals surface area contributed by atoms with Crippen molar-refractivity contribution in [3.05, 3.63) is 45.3 Å². The number of hydrogen-bond acceptors (Lipinski definition) is 5. The number of thiophene rings is 1. The number of nitrogens with one attached hydrogen (secondary N) is 3. The van der Waals surface area contributed by atoms with Crippen LogP contribution in [-0.4, -0.2) is 44.0 Å². The van der Waals surface area contributed by atoms with Gasteiger partial charge in [-0.05, 0) is 75.3 Å². The van der Waals surface area contributed by atoms with Crippen molar-refractivity contribution in [2.24, 2.45) is 5.92 Å². The molecule has 182 valence electrons. The molecule has 1 aliphatic heterocycles. The van der Waals surface area contributed by atoms with E-state index in [4.69, 9.17) is 16.3 Å². The first kappa shape index (κ1) is 24.7. The lowest BCUT2D eigenvalue weighted by molar-refractivity contribution is -0.899. The van der Waals surface area contributed by atoms with Crippen LogP contribution in [0.4, 0.5) is 10.7 Å². The molecule has 7 nitrogen and oxygen atoms in total. The summed E-state index contributed by atoms with van der Waals surface area (Å²) in [6.45, 7) is 3.87. The van der Waals surface area contributed by atoms with E-state index < -0.39 is 0 Å². The Morgan fingerprint density at radius 1 is 1.12 bits per heavy atom. The van der Waals surface area contributed by atoms with Gasteiger partial charge in [0.1, 0.15) is 10.9 Å². The van der Waals surface area contributed by atoms with Gasteiger partial charge in [-0.15, -0.1) is 11.3 Å². The summed E-state index contributed by atoms with van der Waals surface area (Å²) in [7, 11) is 0. The number of esters is 1. The Labute approximate surface area is 208 Å². The number of anilines is 2. The van der Waals surface area contributed by atoms with E-state index in [0.717, 1.165) is 55.5 Å². The number of fused-ring (bicyclic) bond motifs is 1. The van der Waals surface area contributed by atoms with Crippen LogP contribution in [0.3, 0.4) is 0 Å². The van der Waals surface area contributed by atoms with Crippen molar-refractivity contribution in [3.63, 3.8) is 0 Å². The fourth-order valence-electron chi connectivity index (χ4n) is 4.79. The number of hydrogen-bond donors (Lipinski definition) is 3. The summed E-state index contributed by atoms with van der Waals surface area (Å²) >= 11 is 7.47. The Balaban J connectivity index is 1.46. The molecule has 0 spiro atoms. The van der Waals surface area contributed by atoms with Crippen LogP contribution in [0.25, 0.3) is 0 Å². The number of likely N-dealkylation sites (tertiary alicyclic amines) is 1. The number of ether oxygens (including phenoxy) is 1. The van der Waals surface area contributed by atoms with E-state index in [1.165, 1.54) is 16.2 Å². The van der Waals surface area contributed by atoms with Gasteiger partial charge in [-0.2, -0.15) is 0 Å². The van der Waals surface area contributed by atoms with Gasteiger partial charge in [0.05, 0.1) is 25.3 Å². The highest BCUT2D eigenvalue weighted by Gasteiger charge is 2.32. The molecule has 1 fully saturated rings. The molecule has 0 radical (unpaired) electrons. The first-order valence-corrected chi connectivity index (χ1v) is 13.2. The minimum Gasteiger partial charge on any atom is -0.466 e. The first-order valence-electron chi connectivity index (χ1n) is 12.0. The second kappa shape index (κ2) is 11.3. The average molecular weight is 505 g/mol. The fourth-order valence-corrected chi connectivity index (χ4v) is 6.22. The molecule has 9 heteroatoms. The van der Waals surface area contributed by atoms with Gasteiger partial charge in [-0.1, -0.05) is 11.6 Å². The van der Waals surface area contributed by atoms with Crippen molar-refractivity contribution in [2.75, 3.05) is 36.9 Å². The molecule has 1 unspecified atom stereocenters. The minimum atomic E-state index is -0.218. The number of benzene rings is 1. The molecular formula is C25H31ClN3O4S+. The van der Waals surface area contributed by atoms with Crippen LogP contribution in [0, 0.1) is 5.92 Å². The Morgan fingerprint density at radius 2 is 1.88 bits per heavy atom. The average Bonchev–Trinajstić information content (AvgIpc) is 3.18. The topological polar surface area (TPSA) is 88.9 Å². The number of aryl methyl sites for hydroxylation is 1. The third-order valence-corrected chi connectivity index (χ3v) is 7.86. The lowest BCUT2D eigenvalue weighted by Crippen LogP contribution is -3.14. The third-order valence-electron chi connectivity index (χ3n) is 6.40. The van der Waals surface area contributed by atoms with E-state index in [1.54, 1.807) is 31.2 Å². The van der Waals surface area contributed by atoms with Gasteiger partial charge in [-0.25, -0.2) is 0 Å². The van der Waals surface area contributed by atoms with Gasteiger partial charge in [0, 0.05) is 15.6 Å². The summed E-state index contributed by atoms with van der Waals surface area (Å²) in [6.07, 6.45) is 5.57. The zero-order chi connectivity index (χ0) is 24.1.